The van der Waals surface area contributed by atoms with Crippen LogP contribution in [0.5, 0.6) is 0 Å². The summed E-state index contributed by atoms with van der Waals surface area (Å²) < 4.78 is 40.5. The first-order valence-corrected chi connectivity index (χ1v) is 5.65. The molecule has 0 saturated carbocycles. The van der Waals surface area contributed by atoms with Crippen LogP contribution in [0.2, 0.25) is 0 Å². The fraction of sp³-hybridized carbons (Fsp3) is 1.00. The molecular weight excluding hydrogens is 180 g/mol. The molecule has 6 nitrogen and oxygen atoms in total. The number of hydrogen-bond donors (Lipinski definition) is 2. The zero-order chi connectivity index (χ0) is 8.41. The van der Waals surface area contributed by atoms with E-state index in [1.54, 1.807) is 0 Å². The average Bonchev–Trinajstić information content (AvgIpc) is 1.57. The lowest BCUT2D eigenvalue weighted by Gasteiger charge is -1.94. The number of nitrogens with two attached hydrogens (primary N) is 2. The molecular formula is C2H8N2O4S2. The van der Waals surface area contributed by atoms with Gasteiger partial charge in [0.2, 0.25) is 20.0 Å². The van der Waals surface area contributed by atoms with Crippen molar-refractivity contribution in [3.05, 3.63) is 0 Å². The van der Waals surface area contributed by atoms with Crippen LogP contribution in [0.25, 0.3) is 0 Å². The molecule has 0 bridgehead atoms. The van der Waals surface area contributed by atoms with E-state index in [9.17, 15) is 16.8 Å². The monoisotopic (exact) mass is 188 g/mol. The Balaban J connectivity index is 4.05. The van der Waals surface area contributed by atoms with Crippen molar-refractivity contribution < 1.29 is 16.8 Å². The fourth-order valence-electron chi connectivity index (χ4n) is 0.232. The highest BCUT2D eigenvalue weighted by Gasteiger charge is 2.08. The third-order valence-electron chi connectivity index (χ3n) is 0.652. The van der Waals surface area contributed by atoms with Gasteiger partial charge in [-0.1, -0.05) is 0 Å². The standard InChI is InChI=1S/C2H8N2O4S2/c3-9(5,6)1-2-10(4,7)8/h1-2H2,(H2,3,5,6)(H2,4,7,8). The van der Waals surface area contributed by atoms with Gasteiger partial charge in [0.05, 0.1) is 11.5 Å². The smallest absolute Gasteiger partial charge is 0.210 e. The molecule has 0 aliphatic heterocycles. The Morgan fingerprint density at radius 3 is 1.10 bits per heavy atom. The van der Waals surface area contributed by atoms with Crippen LogP contribution in [0.3, 0.4) is 0 Å². The van der Waals surface area contributed by atoms with E-state index in [1.807, 2.05) is 0 Å². The highest BCUT2D eigenvalue weighted by atomic mass is 32.2. The maximum Gasteiger partial charge on any atom is 0.210 e. The van der Waals surface area contributed by atoms with Crippen molar-refractivity contribution in [2.45, 2.75) is 0 Å². The zero-order valence-corrected chi connectivity index (χ0v) is 6.65. The summed E-state index contributed by atoms with van der Waals surface area (Å²) in [5.74, 6) is -1.27. The first-order valence-electron chi connectivity index (χ1n) is 2.22. The SMILES string of the molecule is NS(=O)(=O)CCS(N)(=O)=O. The van der Waals surface area contributed by atoms with Gasteiger partial charge in [-0.3, -0.25) is 0 Å². The summed E-state index contributed by atoms with van der Waals surface area (Å²) in [6.45, 7) is 0. The molecule has 0 atom stereocenters. The van der Waals surface area contributed by atoms with E-state index in [1.165, 1.54) is 0 Å². The lowest BCUT2D eigenvalue weighted by molar-refractivity contribution is 0.589. The summed E-state index contributed by atoms with van der Waals surface area (Å²) in [5, 5.41) is 8.99. The van der Waals surface area contributed by atoms with Gasteiger partial charge in [-0.25, -0.2) is 27.1 Å². The molecule has 0 radical (unpaired) electrons. The molecule has 0 aliphatic carbocycles. The lowest BCUT2D eigenvalue weighted by atomic mass is 11.0. The summed E-state index contributed by atoms with van der Waals surface area (Å²) >= 11 is 0. The first kappa shape index (κ1) is 9.82. The Morgan fingerprint density at radius 1 is 0.800 bits per heavy atom. The van der Waals surface area contributed by atoms with Crippen molar-refractivity contribution in [2.24, 2.45) is 10.3 Å². The van der Waals surface area contributed by atoms with E-state index in [4.69, 9.17) is 0 Å². The fourth-order valence-corrected chi connectivity index (χ4v) is 2.09. The average molecular weight is 188 g/mol. The van der Waals surface area contributed by atoms with E-state index < -0.39 is 31.6 Å². The highest BCUT2D eigenvalue weighted by molar-refractivity contribution is 7.92. The van der Waals surface area contributed by atoms with E-state index in [0.717, 1.165) is 0 Å². The molecule has 0 heterocycles. The minimum Gasteiger partial charge on any atom is -0.229 e. The molecule has 0 fully saturated rings. The molecule has 0 aromatic carbocycles. The summed E-state index contributed by atoms with van der Waals surface area (Å²) in [6, 6.07) is 0. The Labute approximate surface area is 59.3 Å². The van der Waals surface area contributed by atoms with Crippen LogP contribution in [-0.2, 0) is 20.0 Å². The van der Waals surface area contributed by atoms with Crippen molar-refractivity contribution >= 4 is 20.0 Å². The van der Waals surface area contributed by atoms with Crippen molar-refractivity contribution in [1.82, 2.24) is 0 Å². The predicted octanol–water partition coefficient (Wildman–Crippen LogP) is -2.44. The Morgan fingerprint density at radius 2 is 1.00 bits per heavy atom. The van der Waals surface area contributed by atoms with Crippen LogP contribution < -0.4 is 10.3 Å². The normalized spacial score (nSPS) is 13.4. The van der Waals surface area contributed by atoms with E-state index in [2.05, 4.69) is 10.3 Å². The number of hydrogen-bond acceptors (Lipinski definition) is 4. The van der Waals surface area contributed by atoms with E-state index in [0.29, 0.717) is 0 Å². The quantitative estimate of drug-likeness (QED) is 0.511. The minimum absolute atomic E-state index is 0.633. The van der Waals surface area contributed by atoms with Crippen molar-refractivity contribution in [2.75, 3.05) is 11.5 Å². The van der Waals surface area contributed by atoms with Crippen LogP contribution in [0.4, 0.5) is 0 Å². The summed E-state index contributed by atoms with van der Waals surface area (Å²) in [4.78, 5) is 0. The van der Waals surface area contributed by atoms with Gasteiger partial charge in [-0.05, 0) is 0 Å². The van der Waals surface area contributed by atoms with Crippen LogP contribution >= 0.6 is 0 Å². The summed E-state index contributed by atoms with van der Waals surface area (Å²) in [6.07, 6.45) is 0. The number of rotatable bonds is 3. The molecule has 0 amide bonds. The van der Waals surface area contributed by atoms with Gasteiger partial charge in [-0.15, -0.1) is 0 Å². The van der Waals surface area contributed by atoms with Crippen LogP contribution in [-0.4, -0.2) is 28.3 Å². The third-order valence-corrected chi connectivity index (χ3v) is 2.46. The molecule has 62 valence electrons. The molecule has 0 saturated heterocycles. The van der Waals surface area contributed by atoms with Gasteiger partial charge in [0.25, 0.3) is 0 Å². The molecule has 10 heavy (non-hydrogen) atoms. The molecule has 0 rings (SSSR count). The second-order valence-corrected chi connectivity index (χ2v) is 5.20. The molecule has 0 spiro atoms. The van der Waals surface area contributed by atoms with Crippen molar-refractivity contribution in [3.8, 4) is 0 Å². The van der Waals surface area contributed by atoms with Crippen molar-refractivity contribution in [1.29, 1.82) is 0 Å². The van der Waals surface area contributed by atoms with Gasteiger partial charge < -0.3 is 0 Å². The third kappa shape index (κ3) is 7.82. The van der Waals surface area contributed by atoms with Gasteiger partial charge in [0.1, 0.15) is 0 Å². The molecule has 4 N–H and O–H groups in total. The molecule has 0 unspecified atom stereocenters. The zero-order valence-electron chi connectivity index (χ0n) is 5.02. The largest absolute Gasteiger partial charge is 0.229 e. The van der Waals surface area contributed by atoms with E-state index >= 15 is 0 Å². The summed E-state index contributed by atoms with van der Waals surface area (Å²) in [7, 11) is -7.43. The molecule has 8 heteroatoms. The minimum atomic E-state index is -3.72. The van der Waals surface area contributed by atoms with Gasteiger partial charge in [0, 0.05) is 0 Å². The predicted molar refractivity (Wildman–Crippen MR) is 35.9 cm³/mol. The topological polar surface area (TPSA) is 120 Å². The van der Waals surface area contributed by atoms with Crippen LogP contribution in [0.1, 0.15) is 0 Å². The first-order chi connectivity index (χ1) is 4.21. The van der Waals surface area contributed by atoms with Crippen molar-refractivity contribution in [3.63, 3.8) is 0 Å². The van der Waals surface area contributed by atoms with E-state index in [-0.39, 0.29) is 0 Å². The molecule has 0 aromatic rings. The number of primary sulfonamides is 2. The van der Waals surface area contributed by atoms with Gasteiger partial charge in [-0.2, -0.15) is 0 Å². The second-order valence-electron chi connectivity index (χ2n) is 1.73. The summed E-state index contributed by atoms with van der Waals surface area (Å²) in [5.41, 5.74) is 0. The Hall–Kier alpha value is -0.180. The second kappa shape index (κ2) is 2.82. The number of sulfonamides is 2. The maximum absolute atomic E-state index is 10.1. The van der Waals surface area contributed by atoms with Gasteiger partial charge >= 0.3 is 0 Å². The Kier molecular flexibility index (Phi) is 2.77. The molecule has 0 aliphatic rings. The highest BCUT2D eigenvalue weighted by Crippen LogP contribution is 1.81. The molecule has 0 aromatic heterocycles. The lowest BCUT2D eigenvalue weighted by Crippen LogP contribution is -2.26. The van der Waals surface area contributed by atoms with Crippen LogP contribution in [0.15, 0.2) is 0 Å². The maximum atomic E-state index is 10.1. The van der Waals surface area contributed by atoms with Crippen LogP contribution in [0, 0.1) is 0 Å². The Bertz CT molecular complexity index is 255. The van der Waals surface area contributed by atoms with Gasteiger partial charge in [0.15, 0.2) is 0 Å².